The van der Waals surface area contributed by atoms with E-state index in [4.69, 9.17) is 4.74 Å². The van der Waals surface area contributed by atoms with Crippen molar-refractivity contribution in [2.75, 3.05) is 39.4 Å². The summed E-state index contributed by atoms with van der Waals surface area (Å²) in [6.07, 6.45) is 0. The van der Waals surface area contributed by atoms with Crippen LogP contribution in [0.2, 0.25) is 0 Å². The standard InChI is InChI=1S/C19H20N2O4S2/c22-17(14-4-2-12-27-14)15-16(13-3-1-11-26-13)21(19(24)18(15)23)6-5-20-7-9-25-10-8-20/h1-4,11-12,16,23H,5-10H2/p+1/t16-/m1/s1. The lowest BCUT2D eigenvalue weighted by molar-refractivity contribution is -0.907. The number of rotatable bonds is 6. The summed E-state index contributed by atoms with van der Waals surface area (Å²) < 4.78 is 5.39. The molecule has 1 atom stereocenters. The van der Waals surface area contributed by atoms with E-state index in [1.54, 1.807) is 17.0 Å². The zero-order chi connectivity index (χ0) is 18.8. The predicted octanol–water partition coefficient (Wildman–Crippen LogP) is 1.30. The van der Waals surface area contributed by atoms with Crippen LogP contribution in [-0.4, -0.2) is 61.1 Å². The molecule has 0 aromatic carbocycles. The third kappa shape index (κ3) is 3.58. The van der Waals surface area contributed by atoms with Crippen LogP contribution in [0.3, 0.4) is 0 Å². The number of amides is 1. The number of thiophene rings is 2. The normalized spacial score (nSPS) is 21.3. The fourth-order valence-corrected chi connectivity index (χ4v) is 5.11. The van der Waals surface area contributed by atoms with E-state index < -0.39 is 17.7 Å². The van der Waals surface area contributed by atoms with Gasteiger partial charge >= 0.3 is 0 Å². The van der Waals surface area contributed by atoms with Gasteiger partial charge in [0, 0.05) is 4.88 Å². The van der Waals surface area contributed by atoms with Gasteiger partial charge in [-0.15, -0.1) is 22.7 Å². The van der Waals surface area contributed by atoms with Crippen LogP contribution < -0.4 is 4.90 Å². The van der Waals surface area contributed by atoms with E-state index in [0.29, 0.717) is 11.4 Å². The van der Waals surface area contributed by atoms with Crippen LogP contribution in [0.25, 0.3) is 0 Å². The van der Waals surface area contributed by atoms with E-state index in [-0.39, 0.29) is 11.4 Å². The number of hydrogen-bond donors (Lipinski definition) is 2. The second kappa shape index (κ2) is 7.93. The molecule has 0 aliphatic carbocycles. The lowest BCUT2D eigenvalue weighted by atomic mass is 10.0. The Bertz CT molecular complexity index is 839. The highest BCUT2D eigenvalue weighted by molar-refractivity contribution is 7.12. The van der Waals surface area contributed by atoms with Crippen LogP contribution in [0.4, 0.5) is 0 Å². The lowest BCUT2D eigenvalue weighted by Gasteiger charge is -2.29. The lowest BCUT2D eigenvalue weighted by Crippen LogP contribution is -3.14. The number of nitrogens with one attached hydrogen (secondary N) is 1. The summed E-state index contributed by atoms with van der Waals surface area (Å²) in [5.74, 6) is -1.14. The van der Waals surface area contributed by atoms with Crippen molar-refractivity contribution in [3.63, 3.8) is 0 Å². The Morgan fingerprint density at radius 2 is 1.96 bits per heavy atom. The second-order valence-electron chi connectivity index (χ2n) is 6.60. The molecule has 8 heteroatoms. The average Bonchev–Trinajstić information content (AvgIpc) is 3.43. The molecule has 142 valence electrons. The molecule has 2 aromatic heterocycles. The first-order valence-electron chi connectivity index (χ1n) is 8.94. The SMILES string of the molecule is O=C(C1=C(O)C(=O)N(CC[NH+]2CCOCC2)[C@@H]1c1cccs1)c1cccs1. The van der Waals surface area contributed by atoms with Gasteiger partial charge in [-0.05, 0) is 22.9 Å². The first kappa shape index (κ1) is 18.4. The number of carbonyl (C=O) groups excluding carboxylic acids is 2. The highest BCUT2D eigenvalue weighted by Crippen LogP contribution is 2.40. The number of Topliss-reactive ketones (excluding diaryl/α,β-unsaturated/α-hetero) is 1. The molecule has 0 spiro atoms. The molecular weight excluding hydrogens is 384 g/mol. The molecule has 0 radical (unpaired) electrons. The van der Waals surface area contributed by atoms with Gasteiger partial charge in [0.25, 0.3) is 5.91 Å². The molecule has 2 aliphatic rings. The number of nitrogens with zero attached hydrogens (tertiary/aromatic N) is 1. The van der Waals surface area contributed by atoms with Crippen LogP contribution in [0.1, 0.15) is 20.6 Å². The molecule has 2 aliphatic heterocycles. The topological polar surface area (TPSA) is 71.3 Å². The Labute approximate surface area is 165 Å². The number of hydrogen-bond acceptors (Lipinski definition) is 6. The third-order valence-electron chi connectivity index (χ3n) is 5.01. The molecule has 4 heterocycles. The summed E-state index contributed by atoms with van der Waals surface area (Å²) >= 11 is 2.81. The molecule has 27 heavy (non-hydrogen) atoms. The third-order valence-corrected chi connectivity index (χ3v) is 6.81. The van der Waals surface area contributed by atoms with Gasteiger partial charge in [0.15, 0.2) is 5.76 Å². The van der Waals surface area contributed by atoms with Gasteiger partial charge < -0.3 is 19.6 Å². The van der Waals surface area contributed by atoms with E-state index in [0.717, 1.165) is 37.7 Å². The van der Waals surface area contributed by atoms with Crippen molar-refractivity contribution in [3.8, 4) is 0 Å². The van der Waals surface area contributed by atoms with Gasteiger partial charge in [-0.1, -0.05) is 12.1 Å². The van der Waals surface area contributed by atoms with Crippen LogP contribution in [0.15, 0.2) is 46.4 Å². The number of quaternary nitrogens is 1. The van der Waals surface area contributed by atoms with Crippen molar-refractivity contribution in [1.82, 2.24) is 4.90 Å². The maximum absolute atomic E-state index is 13.0. The van der Waals surface area contributed by atoms with Gasteiger partial charge in [0.1, 0.15) is 13.1 Å². The Morgan fingerprint density at radius 3 is 2.63 bits per heavy atom. The van der Waals surface area contributed by atoms with Crippen molar-refractivity contribution < 1.29 is 24.3 Å². The minimum absolute atomic E-state index is 0.196. The fraction of sp³-hybridized carbons (Fsp3) is 0.368. The highest BCUT2D eigenvalue weighted by Gasteiger charge is 2.44. The van der Waals surface area contributed by atoms with Gasteiger partial charge in [-0.3, -0.25) is 9.59 Å². The Balaban J connectivity index is 1.62. The maximum Gasteiger partial charge on any atom is 0.290 e. The number of ketones is 1. The minimum Gasteiger partial charge on any atom is -0.503 e. The Morgan fingerprint density at radius 1 is 1.22 bits per heavy atom. The van der Waals surface area contributed by atoms with Crippen LogP contribution in [0, 0.1) is 0 Å². The number of aliphatic hydroxyl groups is 1. The number of ether oxygens (including phenoxy) is 1. The smallest absolute Gasteiger partial charge is 0.290 e. The van der Waals surface area contributed by atoms with Crippen molar-refractivity contribution in [2.45, 2.75) is 6.04 Å². The molecule has 2 aromatic rings. The van der Waals surface area contributed by atoms with Gasteiger partial charge in [0.2, 0.25) is 5.78 Å². The van der Waals surface area contributed by atoms with Crippen LogP contribution in [-0.2, 0) is 9.53 Å². The summed E-state index contributed by atoms with van der Waals surface area (Å²) in [5, 5.41) is 14.3. The molecule has 6 nitrogen and oxygen atoms in total. The summed E-state index contributed by atoms with van der Waals surface area (Å²) in [5.41, 5.74) is 0.196. The predicted molar refractivity (Wildman–Crippen MR) is 103 cm³/mol. The van der Waals surface area contributed by atoms with Gasteiger partial charge in [-0.25, -0.2) is 0 Å². The zero-order valence-electron chi connectivity index (χ0n) is 14.7. The first-order valence-corrected chi connectivity index (χ1v) is 10.7. The van der Waals surface area contributed by atoms with Crippen molar-refractivity contribution in [3.05, 3.63) is 56.1 Å². The van der Waals surface area contributed by atoms with Crippen LogP contribution in [0.5, 0.6) is 0 Å². The van der Waals surface area contributed by atoms with Crippen molar-refractivity contribution >= 4 is 34.4 Å². The quantitative estimate of drug-likeness (QED) is 0.711. The molecule has 1 amide bonds. The molecule has 1 fully saturated rings. The average molecular weight is 406 g/mol. The molecule has 1 saturated heterocycles. The summed E-state index contributed by atoms with van der Waals surface area (Å²) in [6.45, 7) is 4.53. The first-order chi connectivity index (χ1) is 13.2. The molecule has 0 bridgehead atoms. The molecule has 2 N–H and O–H groups in total. The number of aliphatic hydroxyl groups excluding tert-OH is 1. The van der Waals surface area contributed by atoms with Crippen molar-refractivity contribution in [2.24, 2.45) is 0 Å². The van der Waals surface area contributed by atoms with E-state index in [1.165, 1.54) is 27.6 Å². The van der Waals surface area contributed by atoms with E-state index in [9.17, 15) is 14.7 Å². The van der Waals surface area contributed by atoms with E-state index >= 15 is 0 Å². The second-order valence-corrected chi connectivity index (χ2v) is 8.52. The van der Waals surface area contributed by atoms with Gasteiger partial charge in [-0.2, -0.15) is 0 Å². The Kier molecular flexibility index (Phi) is 5.40. The zero-order valence-corrected chi connectivity index (χ0v) is 16.4. The molecular formula is C19H21N2O4S2+. The van der Waals surface area contributed by atoms with Gasteiger partial charge in [0.05, 0.1) is 42.8 Å². The monoisotopic (exact) mass is 405 g/mol. The number of carbonyl (C=O) groups is 2. The Hall–Kier alpha value is -2.00. The van der Waals surface area contributed by atoms with Crippen molar-refractivity contribution in [1.29, 1.82) is 0 Å². The summed E-state index contributed by atoms with van der Waals surface area (Å²) in [4.78, 5) is 30.3. The summed E-state index contributed by atoms with van der Waals surface area (Å²) in [7, 11) is 0. The fourth-order valence-electron chi connectivity index (χ4n) is 3.59. The molecule has 0 saturated carbocycles. The maximum atomic E-state index is 13.0. The largest absolute Gasteiger partial charge is 0.503 e. The highest BCUT2D eigenvalue weighted by atomic mass is 32.1. The molecule has 4 rings (SSSR count). The van der Waals surface area contributed by atoms with E-state index in [2.05, 4.69) is 0 Å². The summed E-state index contributed by atoms with van der Waals surface area (Å²) in [6, 6.07) is 6.82. The van der Waals surface area contributed by atoms with Crippen LogP contribution >= 0.6 is 22.7 Å². The minimum atomic E-state index is -0.521. The molecule has 0 unspecified atom stereocenters. The number of morpholine rings is 1. The van der Waals surface area contributed by atoms with E-state index in [1.807, 2.05) is 22.9 Å².